The third kappa shape index (κ3) is 3.94. The number of benzene rings is 3. The van der Waals surface area contributed by atoms with E-state index in [-0.39, 0.29) is 0 Å². The minimum Gasteiger partial charge on any atom is -0.404 e. The molecule has 0 saturated carbocycles. The van der Waals surface area contributed by atoms with Gasteiger partial charge >= 0.3 is 0 Å². The van der Waals surface area contributed by atoms with Crippen LogP contribution in [0.4, 0.5) is 5.69 Å². The van der Waals surface area contributed by atoms with E-state index < -0.39 is 0 Å². The van der Waals surface area contributed by atoms with Gasteiger partial charge in [-0.15, -0.1) is 0 Å². The van der Waals surface area contributed by atoms with Crippen molar-refractivity contribution in [2.45, 2.75) is 13.3 Å². The molecule has 3 nitrogen and oxygen atoms in total. The summed E-state index contributed by atoms with van der Waals surface area (Å²) in [4.78, 5) is 0. The van der Waals surface area contributed by atoms with Gasteiger partial charge in [0.15, 0.2) is 0 Å². The Bertz CT molecular complexity index is 1120. The van der Waals surface area contributed by atoms with Crippen LogP contribution in [0.5, 0.6) is 0 Å². The van der Waals surface area contributed by atoms with Crippen molar-refractivity contribution in [2.75, 3.05) is 5.32 Å². The first-order valence-electron chi connectivity index (χ1n) is 9.76. The Balaban J connectivity index is 1.77. The first-order chi connectivity index (χ1) is 14.2. The van der Waals surface area contributed by atoms with E-state index in [9.17, 15) is 0 Å². The molecule has 0 fully saturated rings. The second-order valence-electron chi connectivity index (χ2n) is 7.25. The highest BCUT2D eigenvalue weighted by molar-refractivity contribution is 5.84. The van der Waals surface area contributed by atoms with Crippen LogP contribution in [-0.2, 0) is 6.42 Å². The molecule has 0 unspecified atom stereocenters. The third-order valence-corrected chi connectivity index (χ3v) is 5.20. The zero-order chi connectivity index (χ0) is 20.2. The highest BCUT2D eigenvalue weighted by Gasteiger charge is 2.15. The van der Waals surface area contributed by atoms with Crippen molar-refractivity contribution >= 4 is 11.4 Å². The van der Waals surface area contributed by atoms with Crippen molar-refractivity contribution < 1.29 is 0 Å². The maximum atomic E-state index is 6.55. The molecule has 1 aliphatic rings. The molecule has 5 N–H and O–H groups in total. The highest BCUT2D eigenvalue weighted by atomic mass is 14.9. The molecule has 1 aliphatic carbocycles. The van der Waals surface area contributed by atoms with Gasteiger partial charge in [-0.1, -0.05) is 78.4 Å². The van der Waals surface area contributed by atoms with Crippen LogP contribution < -0.4 is 16.8 Å². The average molecular weight is 380 g/mol. The minimum atomic E-state index is 0.636. The van der Waals surface area contributed by atoms with E-state index in [4.69, 9.17) is 11.5 Å². The molecule has 3 heteroatoms. The van der Waals surface area contributed by atoms with E-state index in [1.165, 1.54) is 16.7 Å². The molecule has 144 valence electrons. The Labute approximate surface area is 172 Å². The van der Waals surface area contributed by atoms with Gasteiger partial charge in [0.05, 0.1) is 11.4 Å². The largest absolute Gasteiger partial charge is 0.404 e. The number of nitrogens with two attached hydrogens (primary N) is 2. The summed E-state index contributed by atoms with van der Waals surface area (Å²) in [7, 11) is 0. The van der Waals surface area contributed by atoms with Gasteiger partial charge in [-0.3, -0.25) is 0 Å². The lowest BCUT2D eigenvalue weighted by atomic mass is 9.95. The normalized spacial score (nSPS) is 18.6. The Morgan fingerprint density at radius 2 is 1.69 bits per heavy atom. The molecule has 0 heterocycles. The second kappa shape index (κ2) is 8.11. The summed E-state index contributed by atoms with van der Waals surface area (Å²) in [6.45, 7) is 2.10. The number of hydrogen-bond donors (Lipinski definition) is 3. The van der Waals surface area contributed by atoms with Crippen LogP contribution in [0.25, 0.3) is 16.8 Å². The number of fused-ring (bicyclic) bond motifs is 1. The number of allylic oxidation sites excluding steroid dienone is 2. The highest BCUT2D eigenvalue weighted by Crippen LogP contribution is 2.30. The topological polar surface area (TPSA) is 64.1 Å². The van der Waals surface area contributed by atoms with Crippen molar-refractivity contribution in [2.24, 2.45) is 11.5 Å². The van der Waals surface area contributed by atoms with Crippen LogP contribution in [-0.4, -0.2) is 0 Å². The van der Waals surface area contributed by atoms with Gasteiger partial charge in [-0.25, -0.2) is 0 Å². The fourth-order valence-electron chi connectivity index (χ4n) is 3.58. The maximum absolute atomic E-state index is 6.55. The minimum absolute atomic E-state index is 0.636. The number of hydrogen-bond acceptors (Lipinski definition) is 3. The fourth-order valence-corrected chi connectivity index (χ4v) is 3.58. The number of aryl methyl sites for hydroxylation is 1. The molecule has 0 bridgehead atoms. The molecular formula is C26H25N3. The molecule has 29 heavy (non-hydrogen) atoms. The molecule has 0 atom stereocenters. The van der Waals surface area contributed by atoms with E-state index in [2.05, 4.69) is 85.0 Å². The smallest absolute Gasteiger partial charge is 0.0701 e. The van der Waals surface area contributed by atoms with Crippen molar-refractivity contribution in [3.63, 3.8) is 0 Å². The second-order valence-corrected chi connectivity index (χ2v) is 7.25. The van der Waals surface area contributed by atoms with E-state index >= 15 is 0 Å². The van der Waals surface area contributed by atoms with Gasteiger partial charge in [0.25, 0.3) is 0 Å². The van der Waals surface area contributed by atoms with E-state index in [1.807, 2.05) is 12.1 Å². The Hall–Kier alpha value is -3.72. The van der Waals surface area contributed by atoms with Crippen LogP contribution in [0, 0.1) is 6.92 Å². The van der Waals surface area contributed by atoms with E-state index in [0.717, 1.165) is 34.5 Å². The first kappa shape index (κ1) is 18.6. The lowest BCUT2D eigenvalue weighted by Gasteiger charge is -2.20. The van der Waals surface area contributed by atoms with Crippen molar-refractivity contribution in [1.82, 2.24) is 0 Å². The van der Waals surface area contributed by atoms with Crippen molar-refractivity contribution in [3.8, 4) is 11.1 Å². The van der Waals surface area contributed by atoms with Crippen molar-refractivity contribution in [1.29, 1.82) is 0 Å². The third-order valence-electron chi connectivity index (χ3n) is 5.20. The van der Waals surface area contributed by atoms with Crippen LogP contribution >= 0.6 is 0 Å². The summed E-state index contributed by atoms with van der Waals surface area (Å²) in [5, 5.41) is 3.56. The summed E-state index contributed by atoms with van der Waals surface area (Å²) in [5.41, 5.74) is 21.6. The molecule has 0 amide bonds. The lowest BCUT2D eigenvalue weighted by Crippen LogP contribution is -2.14. The van der Waals surface area contributed by atoms with Gasteiger partial charge in [-0.05, 0) is 42.2 Å². The first-order valence-corrected chi connectivity index (χ1v) is 9.76. The number of nitrogens with one attached hydrogen (secondary N) is 1. The van der Waals surface area contributed by atoms with E-state index in [0.29, 0.717) is 5.70 Å². The summed E-state index contributed by atoms with van der Waals surface area (Å²) in [5.74, 6) is 0. The molecule has 3 aromatic carbocycles. The molecule has 4 rings (SSSR count). The molecule has 0 radical (unpaired) electrons. The predicted molar refractivity (Wildman–Crippen MR) is 123 cm³/mol. The summed E-state index contributed by atoms with van der Waals surface area (Å²) in [6.07, 6.45) is 6.47. The number of rotatable bonds is 3. The zero-order valence-electron chi connectivity index (χ0n) is 16.5. The van der Waals surface area contributed by atoms with Crippen LogP contribution in [0.3, 0.4) is 0 Å². The Morgan fingerprint density at radius 1 is 0.897 bits per heavy atom. The summed E-state index contributed by atoms with van der Waals surface area (Å²) < 4.78 is 0. The van der Waals surface area contributed by atoms with Crippen LogP contribution in [0.1, 0.15) is 16.7 Å². The Kier molecular flexibility index (Phi) is 5.21. The molecule has 0 spiro atoms. The predicted octanol–water partition coefficient (Wildman–Crippen LogP) is 5.36. The van der Waals surface area contributed by atoms with Gasteiger partial charge in [0, 0.05) is 23.0 Å². The average Bonchev–Trinajstić information content (AvgIpc) is 2.75. The van der Waals surface area contributed by atoms with Crippen molar-refractivity contribution in [3.05, 3.63) is 119 Å². The molecule has 0 aliphatic heterocycles. The Morgan fingerprint density at radius 3 is 2.48 bits per heavy atom. The SMILES string of the molecule is Cc1ccc(-c2cccc(N/C3=C(N)/C(=C/N)/C=C\Cc4ccccc43)c2)cc1. The van der Waals surface area contributed by atoms with Gasteiger partial charge in [-0.2, -0.15) is 0 Å². The quantitative estimate of drug-likeness (QED) is 0.574. The standard InChI is InChI=1S/C26H25N3/c1-18-12-14-19(15-13-18)21-8-5-10-23(16-21)29-26-24-11-3-2-6-20(24)7-4-9-22(17-27)25(26)28/h2-6,8-17,29H,7,27-28H2,1H3/b9-4-,22-17+,26-25-. The zero-order valence-corrected chi connectivity index (χ0v) is 16.5. The van der Waals surface area contributed by atoms with Gasteiger partial charge in [0.2, 0.25) is 0 Å². The molecule has 0 aromatic heterocycles. The monoisotopic (exact) mass is 379 g/mol. The molecule has 0 saturated heterocycles. The molecule has 3 aromatic rings. The lowest BCUT2D eigenvalue weighted by molar-refractivity contribution is 1.20. The van der Waals surface area contributed by atoms with Crippen LogP contribution in [0.2, 0.25) is 0 Å². The maximum Gasteiger partial charge on any atom is 0.0701 e. The summed E-state index contributed by atoms with van der Waals surface area (Å²) >= 11 is 0. The van der Waals surface area contributed by atoms with Gasteiger partial charge in [0.1, 0.15) is 0 Å². The van der Waals surface area contributed by atoms with Crippen LogP contribution in [0.15, 0.2) is 102 Å². The fraction of sp³-hybridized carbons (Fsp3) is 0.0769. The summed E-state index contributed by atoms with van der Waals surface area (Å²) in [6, 6.07) is 25.3. The number of anilines is 1. The van der Waals surface area contributed by atoms with E-state index in [1.54, 1.807) is 6.20 Å². The molecular weight excluding hydrogens is 354 g/mol. The van der Waals surface area contributed by atoms with Gasteiger partial charge < -0.3 is 16.8 Å².